The molecular weight excluding hydrogens is 366 g/mol. The zero-order chi connectivity index (χ0) is 20.5. The first-order chi connectivity index (χ1) is 14.2. The van der Waals surface area contributed by atoms with Gasteiger partial charge in [-0.25, -0.2) is 0 Å². The fourth-order valence-electron chi connectivity index (χ4n) is 3.50. The molecule has 29 heavy (non-hydrogen) atoms. The van der Waals surface area contributed by atoms with Crippen LogP contribution >= 0.6 is 0 Å². The number of nitrogens with zero attached hydrogens (tertiary/aromatic N) is 1. The van der Waals surface area contributed by atoms with Crippen LogP contribution in [-0.4, -0.2) is 50.0 Å². The molecule has 0 saturated carbocycles. The van der Waals surface area contributed by atoms with Crippen LogP contribution in [0.4, 0.5) is 5.69 Å². The van der Waals surface area contributed by atoms with Gasteiger partial charge in [-0.05, 0) is 56.1 Å². The number of hydrogen-bond acceptors (Lipinski definition) is 4. The van der Waals surface area contributed by atoms with Gasteiger partial charge in [0.05, 0.1) is 12.8 Å². The van der Waals surface area contributed by atoms with Crippen LogP contribution in [0.2, 0.25) is 0 Å². The molecule has 2 aromatic rings. The van der Waals surface area contributed by atoms with Crippen molar-refractivity contribution in [1.82, 2.24) is 10.2 Å². The van der Waals surface area contributed by atoms with Crippen LogP contribution in [0.15, 0.2) is 48.5 Å². The zero-order valence-corrected chi connectivity index (χ0v) is 16.9. The summed E-state index contributed by atoms with van der Waals surface area (Å²) < 4.78 is 5.34. The van der Waals surface area contributed by atoms with E-state index in [0.717, 1.165) is 25.2 Å². The average molecular weight is 396 g/mol. The van der Waals surface area contributed by atoms with Crippen molar-refractivity contribution in [1.29, 1.82) is 0 Å². The van der Waals surface area contributed by atoms with E-state index >= 15 is 0 Å². The van der Waals surface area contributed by atoms with Gasteiger partial charge in [-0.2, -0.15) is 0 Å². The molecule has 0 atom stereocenters. The molecule has 0 radical (unpaired) electrons. The van der Waals surface area contributed by atoms with E-state index in [1.165, 1.54) is 12.8 Å². The molecule has 0 unspecified atom stereocenters. The first-order valence-corrected chi connectivity index (χ1v) is 10.2. The Labute approximate surface area is 172 Å². The Morgan fingerprint density at radius 2 is 1.83 bits per heavy atom. The van der Waals surface area contributed by atoms with Crippen LogP contribution in [0.3, 0.4) is 0 Å². The van der Waals surface area contributed by atoms with Crippen LogP contribution in [0.5, 0.6) is 5.75 Å². The number of methoxy groups -OCH3 is 1. The first kappa shape index (κ1) is 20.9. The third kappa shape index (κ3) is 6.32. The molecule has 1 fully saturated rings. The van der Waals surface area contributed by atoms with Crippen LogP contribution in [0.25, 0.3) is 0 Å². The number of amides is 2. The summed E-state index contributed by atoms with van der Waals surface area (Å²) in [5.41, 5.74) is 2.13. The van der Waals surface area contributed by atoms with Crippen LogP contribution < -0.4 is 15.4 Å². The summed E-state index contributed by atoms with van der Waals surface area (Å²) in [6.45, 7) is 3.70. The number of rotatable bonds is 9. The highest BCUT2D eigenvalue weighted by Crippen LogP contribution is 2.26. The topological polar surface area (TPSA) is 70.7 Å². The molecule has 6 heteroatoms. The lowest BCUT2D eigenvalue weighted by Crippen LogP contribution is -2.33. The smallest absolute Gasteiger partial charge is 0.251 e. The molecule has 2 amide bonds. The fraction of sp³-hybridized carbons (Fsp3) is 0.391. The summed E-state index contributed by atoms with van der Waals surface area (Å²) in [4.78, 5) is 27.2. The fourth-order valence-corrected chi connectivity index (χ4v) is 3.50. The molecule has 154 valence electrons. The van der Waals surface area contributed by atoms with Gasteiger partial charge in [0.25, 0.3) is 5.91 Å². The Hall–Kier alpha value is -2.86. The van der Waals surface area contributed by atoms with Crippen molar-refractivity contribution in [2.75, 3.05) is 38.6 Å². The highest BCUT2D eigenvalue weighted by Gasteiger charge is 2.14. The molecule has 2 N–H and O–H groups in total. The average Bonchev–Trinajstić information content (AvgIpc) is 3.26. The maximum atomic E-state index is 12.5. The van der Waals surface area contributed by atoms with E-state index in [1.54, 1.807) is 25.3 Å². The van der Waals surface area contributed by atoms with Crippen molar-refractivity contribution in [3.05, 3.63) is 59.7 Å². The Kier molecular flexibility index (Phi) is 7.64. The largest absolute Gasteiger partial charge is 0.495 e. The summed E-state index contributed by atoms with van der Waals surface area (Å²) in [7, 11) is 1.55. The van der Waals surface area contributed by atoms with E-state index in [0.29, 0.717) is 36.4 Å². The highest BCUT2D eigenvalue weighted by molar-refractivity contribution is 5.98. The van der Waals surface area contributed by atoms with E-state index in [4.69, 9.17) is 4.74 Å². The molecule has 1 heterocycles. The number of anilines is 1. The maximum absolute atomic E-state index is 12.5. The Morgan fingerprint density at radius 1 is 1.07 bits per heavy atom. The van der Waals surface area contributed by atoms with Crippen molar-refractivity contribution in [3.63, 3.8) is 0 Å². The summed E-state index contributed by atoms with van der Waals surface area (Å²) >= 11 is 0. The predicted octanol–water partition coefficient (Wildman–Crippen LogP) is 3.09. The van der Waals surface area contributed by atoms with Crippen molar-refractivity contribution in [2.24, 2.45) is 0 Å². The lowest BCUT2D eigenvalue weighted by Gasteiger charge is -2.15. The second-order valence-electron chi connectivity index (χ2n) is 7.25. The third-order valence-electron chi connectivity index (χ3n) is 5.13. The molecule has 1 aliphatic rings. The quantitative estimate of drug-likeness (QED) is 0.685. The number of aryl methyl sites for hydroxylation is 1. The standard InChI is InChI=1S/C23H29N3O3/c1-29-21-11-10-19(23(28)24-13-16-26-14-5-6-15-26)17-20(21)25-22(27)12-9-18-7-3-2-4-8-18/h2-4,7-8,10-11,17H,5-6,9,12-16H2,1H3,(H,24,28)(H,25,27). The number of carbonyl (C=O) groups is 2. The molecule has 0 bridgehead atoms. The molecule has 1 saturated heterocycles. The number of nitrogens with one attached hydrogen (secondary N) is 2. The molecule has 0 aliphatic carbocycles. The zero-order valence-electron chi connectivity index (χ0n) is 16.9. The Balaban J connectivity index is 1.55. The van der Waals surface area contributed by atoms with Crippen LogP contribution in [0.1, 0.15) is 35.2 Å². The van der Waals surface area contributed by atoms with Crippen molar-refractivity contribution >= 4 is 17.5 Å². The molecule has 0 spiro atoms. The second-order valence-corrected chi connectivity index (χ2v) is 7.25. The number of carbonyl (C=O) groups excluding carboxylic acids is 2. The van der Waals surface area contributed by atoms with Gasteiger partial charge < -0.3 is 20.3 Å². The van der Waals surface area contributed by atoms with Gasteiger partial charge in [-0.15, -0.1) is 0 Å². The van der Waals surface area contributed by atoms with Crippen LogP contribution in [-0.2, 0) is 11.2 Å². The second kappa shape index (κ2) is 10.6. The van der Waals surface area contributed by atoms with Gasteiger partial charge in [0, 0.05) is 25.1 Å². The van der Waals surface area contributed by atoms with E-state index in [2.05, 4.69) is 15.5 Å². The summed E-state index contributed by atoms with van der Waals surface area (Å²) in [5, 5.41) is 5.83. The Bertz CT molecular complexity index is 817. The molecule has 0 aromatic heterocycles. The minimum Gasteiger partial charge on any atom is -0.495 e. The monoisotopic (exact) mass is 395 g/mol. The molecule has 1 aliphatic heterocycles. The minimum atomic E-state index is -0.147. The number of likely N-dealkylation sites (tertiary alicyclic amines) is 1. The van der Waals surface area contributed by atoms with E-state index in [1.807, 2.05) is 30.3 Å². The SMILES string of the molecule is COc1ccc(C(=O)NCCN2CCCC2)cc1NC(=O)CCc1ccccc1. The highest BCUT2D eigenvalue weighted by atomic mass is 16.5. The van der Waals surface area contributed by atoms with E-state index in [9.17, 15) is 9.59 Å². The van der Waals surface area contributed by atoms with Gasteiger partial charge in [-0.1, -0.05) is 30.3 Å². The molecule has 3 rings (SSSR count). The van der Waals surface area contributed by atoms with Gasteiger partial charge in [0.2, 0.25) is 5.91 Å². The van der Waals surface area contributed by atoms with E-state index < -0.39 is 0 Å². The normalized spacial score (nSPS) is 13.8. The number of ether oxygens (including phenoxy) is 1. The van der Waals surface area contributed by atoms with Gasteiger partial charge >= 0.3 is 0 Å². The maximum Gasteiger partial charge on any atom is 0.251 e. The number of benzene rings is 2. The van der Waals surface area contributed by atoms with Crippen molar-refractivity contribution in [2.45, 2.75) is 25.7 Å². The van der Waals surface area contributed by atoms with Crippen molar-refractivity contribution in [3.8, 4) is 5.75 Å². The molecule has 2 aromatic carbocycles. The molecular formula is C23H29N3O3. The predicted molar refractivity (Wildman–Crippen MR) is 114 cm³/mol. The Morgan fingerprint density at radius 3 is 2.55 bits per heavy atom. The van der Waals surface area contributed by atoms with Crippen molar-refractivity contribution < 1.29 is 14.3 Å². The summed E-state index contributed by atoms with van der Waals surface area (Å²) in [5.74, 6) is 0.275. The summed E-state index contributed by atoms with van der Waals surface area (Å²) in [6, 6.07) is 15.0. The third-order valence-corrected chi connectivity index (χ3v) is 5.13. The molecule has 6 nitrogen and oxygen atoms in total. The van der Waals surface area contributed by atoms with Crippen LogP contribution in [0, 0.1) is 0 Å². The lowest BCUT2D eigenvalue weighted by atomic mass is 10.1. The van der Waals surface area contributed by atoms with Gasteiger partial charge in [-0.3, -0.25) is 9.59 Å². The first-order valence-electron chi connectivity index (χ1n) is 10.2. The van der Waals surface area contributed by atoms with Gasteiger partial charge in [0.1, 0.15) is 5.75 Å². The number of hydrogen-bond donors (Lipinski definition) is 2. The van der Waals surface area contributed by atoms with E-state index in [-0.39, 0.29) is 11.8 Å². The minimum absolute atomic E-state index is 0.112. The van der Waals surface area contributed by atoms with Gasteiger partial charge in [0.15, 0.2) is 0 Å². The lowest BCUT2D eigenvalue weighted by molar-refractivity contribution is -0.116. The summed E-state index contributed by atoms with van der Waals surface area (Å²) in [6.07, 6.45) is 3.49.